The third-order valence-electron chi connectivity index (χ3n) is 2.15. The highest BCUT2D eigenvalue weighted by molar-refractivity contribution is 5.89. The second-order valence-electron chi connectivity index (χ2n) is 3.76. The molecule has 0 saturated carbocycles. The second-order valence-corrected chi connectivity index (χ2v) is 3.76. The third-order valence-corrected chi connectivity index (χ3v) is 2.15. The van der Waals surface area contributed by atoms with Crippen molar-refractivity contribution in [3.8, 4) is 0 Å². The van der Waals surface area contributed by atoms with Crippen LogP contribution in [-0.4, -0.2) is 21.7 Å². The fourth-order valence-electron chi connectivity index (χ4n) is 1.29. The van der Waals surface area contributed by atoms with Crippen molar-refractivity contribution in [1.29, 1.82) is 0 Å². The maximum absolute atomic E-state index is 11.5. The van der Waals surface area contributed by atoms with Gasteiger partial charge < -0.3 is 11.1 Å². The molecule has 84 valence electrons. The summed E-state index contributed by atoms with van der Waals surface area (Å²) in [6.45, 7) is 1.94. The predicted octanol–water partition coefficient (Wildman–Crippen LogP) is 0.876. The van der Waals surface area contributed by atoms with Gasteiger partial charge in [-0.2, -0.15) is 5.10 Å². The van der Waals surface area contributed by atoms with Crippen LogP contribution in [0.3, 0.4) is 0 Å². The first-order chi connectivity index (χ1) is 7.09. The molecule has 1 unspecified atom stereocenters. The zero-order valence-electron chi connectivity index (χ0n) is 9.23. The van der Waals surface area contributed by atoms with Crippen molar-refractivity contribution >= 4 is 11.7 Å². The van der Waals surface area contributed by atoms with E-state index in [1.54, 1.807) is 24.0 Å². The summed E-state index contributed by atoms with van der Waals surface area (Å²) in [5, 5.41) is 6.74. The van der Waals surface area contributed by atoms with Gasteiger partial charge in [-0.3, -0.25) is 9.48 Å². The molecule has 0 aliphatic rings. The van der Waals surface area contributed by atoms with Crippen molar-refractivity contribution in [2.45, 2.75) is 32.2 Å². The van der Waals surface area contributed by atoms with E-state index in [-0.39, 0.29) is 11.9 Å². The van der Waals surface area contributed by atoms with Crippen LogP contribution in [0.1, 0.15) is 26.2 Å². The van der Waals surface area contributed by atoms with Crippen molar-refractivity contribution in [2.24, 2.45) is 12.8 Å². The van der Waals surface area contributed by atoms with E-state index in [0.29, 0.717) is 6.42 Å². The molecule has 5 nitrogen and oxygen atoms in total. The highest BCUT2D eigenvalue weighted by Gasteiger charge is 2.05. The number of rotatable bonds is 5. The average Bonchev–Trinajstić information content (AvgIpc) is 2.51. The third kappa shape index (κ3) is 4.12. The van der Waals surface area contributed by atoms with Crippen LogP contribution in [0, 0.1) is 0 Å². The molecule has 1 heterocycles. The van der Waals surface area contributed by atoms with Crippen molar-refractivity contribution in [1.82, 2.24) is 9.78 Å². The van der Waals surface area contributed by atoms with Crippen LogP contribution in [0.2, 0.25) is 0 Å². The monoisotopic (exact) mass is 210 g/mol. The van der Waals surface area contributed by atoms with E-state index in [9.17, 15) is 4.79 Å². The number of amides is 1. The van der Waals surface area contributed by atoms with Crippen LogP contribution >= 0.6 is 0 Å². The van der Waals surface area contributed by atoms with Crippen LogP contribution in [0.15, 0.2) is 12.3 Å². The van der Waals surface area contributed by atoms with Gasteiger partial charge in [-0.1, -0.05) is 0 Å². The van der Waals surface area contributed by atoms with E-state index in [2.05, 4.69) is 10.4 Å². The SMILES string of the molecule is CC(N)CCCC(=O)Nc1ccnn1C. The summed E-state index contributed by atoms with van der Waals surface area (Å²) >= 11 is 0. The van der Waals surface area contributed by atoms with Crippen LogP contribution in [-0.2, 0) is 11.8 Å². The number of nitrogens with zero attached hydrogens (tertiary/aromatic N) is 2. The molecular weight excluding hydrogens is 192 g/mol. The van der Waals surface area contributed by atoms with Crippen LogP contribution < -0.4 is 11.1 Å². The van der Waals surface area contributed by atoms with E-state index in [1.165, 1.54) is 0 Å². The standard InChI is InChI=1S/C10H18N4O/c1-8(11)4-3-5-10(15)13-9-6-7-12-14(9)2/h6-8H,3-5,11H2,1-2H3,(H,13,15). The minimum Gasteiger partial charge on any atom is -0.328 e. The summed E-state index contributed by atoms with van der Waals surface area (Å²) in [5.41, 5.74) is 5.59. The Bertz CT molecular complexity index is 319. The van der Waals surface area contributed by atoms with E-state index < -0.39 is 0 Å². The highest BCUT2D eigenvalue weighted by Crippen LogP contribution is 2.05. The largest absolute Gasteiger partial charge is 0.328 e. The van der Waals surface area contributed by atoms with Gasteiger partial charge in [0.2, 0.25) is 5.91 Å². The first-order valence-electron chi connectivity index (χ1n) is 5.13. The van der Waals surface area contributed by atoms with Gasteiger partial charge in [-0.15, -0.1) is 0 Å². The summed E-state index contributed by atoms with van der Waals surface area (Å²) in [6.07, 6.45) is 3.85. The number of hydrogen-bond acceptors (Lipinski definition) is 3. The molecule has 0 aliphatic heterocycles. The van der Waals surface area contributed by atoms with Gasteiger partial charge in [-0.25, -0.2) is 0 Å². The summed E-state index contributed by atoms with van der Waals surface area (Å²) < 4.78 is 1.63. The van der Waals surface area contributed by atoms with Gasteiger partial charge in [0.25, 0.3) is 0 Å². The molecule has 1 amide bonds. The molecule has 0 fully saturated rings. The van der Waals surface area contributed by atoms with Crippen LogP contribution in [0.25, 0.3) is 0 Å². The minimum atomic E-state index is 0.0132. The second kappa shape index (κ2) is 5.50. The van der Waals surface area contributed by atoms with Gasteiger partial charge in [0, 0.05) is 25.6 Å². The molecule has 5 heteroatoms. The van der Waals surface area contributed by atoms with E-state index >= 15 is 0 Å². The molecule has 1 rings (SSSR count). The number of hydrogen-bond donors (Lipinski definition) is 2. The first-order valence-corrected chi connectivity index (χ1v) is 5.13. The highest BCUT2D eigenvalue weighted by atomic mass is 16.1. The van der Waals surface area contributed by atoms with Crippen molar-refractivity contribution in [3.05, 3.63) is 12.3 Å². The molecule has 0 saturated heterocycles. The van der Waals surface area contributed by atoms with Crippen LogP contribution in [0.4, 0.5) is 5.82 Å². The summed E-state index contributed by atoms with van der Waals surface area (Å²) in [5.74, 6) is 0.736. The number of aryl methyl sites for hydroxylation is 1. The summed E-state index contributed by atoms with van der Waals surface area (Å²) in [6, 6.07) is 1.93. The molecular formula is C10H18N4O. The number of nitrogens with two attached hydrogens (primary N) is 1. The number of anilines is 1. The maximum atomic E-state index is 11.5. The Morgan fingerprint density at radius 3 is 3.00 bits per heavy atom. The van der Waals surface area contributed by atoms with Gasteiger partial charge >= 0.3 is 0 Å². The molecule has 0 bridgehead atoms. The molecule has 0 aliphatic carbocycles. The Labute approximate surface area is 89.6 Å². The summed E-state index contributed by atoms with van der Waals surface area (Å²) in [7, 11) is 1.79. The molecule has 0 aromatic carbocycles. The number of carbonyl (C=O) groups is 1. The van der Waals surface area contributed by atoms with E-state index in [0.717, 1.165) is 18.7 Å². The van der Waals surface area contributed by atoms with E-state index in [1.807, 2.05) is 6.92 Å². The number of aromatic nitrogens is 2. The zero-order chi connectivity index (χ0) is 11.3. The molecule has 15 heavy (non-hydrogen) atoms. The molecule has 1 atom stereocenters. The number of carbonyl (C=O) groups excluding carboxylic acids is 1. The van der Waals surface area contributed by atoms with E-state index in [4.69, 9.17) is 5.73 Å². The fraction of sp³-hybridized carbons (Fsp3) is 0.600. The first kappa shape index (κ1) is 11.7. The van der Waals surface area contributed by atoms with Gasteiger partial charge in [0.05, 0.1) is 6.20 Å². The molecule has 0 radical (unpaired) electrons. The van der Waals surface area contributed by atoms with Gasteiger partial charge in [-0.05, 0) is 19.8 Å². The quantitative estimate of drug-likeness (QED) is 0.757. The smallest absolute Gasteiger partial charge is 0.225 e. The van der Waals surface area contributed by atoms with Crippen molar-refractivity contribution < 1.29 is 4.79 Å². The Morgan fingerprint density at radius 1 is 1.73 bits per heavy atom. The van der Waals surface area contributed by atoms with Crippen molar-refractivity contribution in [2.75, 3.05) is 5.32 Å². The van der Waals surface area contributed by atoms with Gasteiger partial charge in [0.15, 0.2) is 0 Å². The van der Waals surface area contributed by atoms with Gasteiger partial charge in [0.1, 0.15) is 5.82 Å². The zero-order valence-corrected chi connectivity index (χ0v) is 9.23. The lowest BCUT2D eigenvalue weighted by atomic mass is 10.1. The maximum Gasteiger partial charge on any atom is 0.225 e. The normalized spacial score (nSPS) is 12.5. The lowest BCUT2D eigenvalue weighted by molar-refractivity contribution is -0.116. The Hall–Kier alpha value is -1.36. The lowest BCUT2D eigenvalue weighted by Crippen LogP contribution is -2.17. The molecule has 1 aromatic heterocycles. The number of nitrogens with one attached hydrogen (secondary N) is 1. The van der Waals surface area contributed by atoms with Crippen LogP contribution in [0.5, 0.6) is 0 Å². The fourth-order valence-corrected chi connectivity index (χ4v) is 1.29. The Kier molecular flexibility index (Phi) is 4.30. The van der Waals surface area contributed by atoms with Crippen molar-refractivity contribution in [3.63, 3.8) is 0 Å². The predicted molar refractivity (Wildman–Crippen MR) is 59.3 cm³/mol. The summed E-state index contributed by atoms with van der Waals surface area (Å²) in [4.78, 5) is 11.5. The average molecular weight is 210 g/mol. The topological polar surface area (TPSA) is 72.9 Å². The lowest BCUT2D eigenvalue weighted by Gasteiger charge is -2.06. The minimum absolute atomic E-state index is 0.0132. The molecule has 1 aromatic rings. The molecule has 0 spiro atoms. The Balaban J connectivity index is 2.28. The Morgan fingerprint density at radius 2 is 2.47 bits per heavy atom. The molecule has 3 N–H and O–H groups in total.